The number of unbranched alkanes of at least 4 members (excludes halogenated alkanes) is 1. The summed E-state index contributed by atoms with van der Waals surface area (Å²) in [6, 6.07) is 0. The minimum Gasteiger partial charge on any atom is -0.375 e. The zero-order chi connectivity index (χ0) is 14.8. The molecular formula is C14H28O5Si. The standard InChI is InChI=1S/C14H28O5Si/c1-5-13(18-11-14-12-19-14)9-7-6-8-10-20(15-2,16-3)17-4/h8,10,13-14H,5-7,9,11-12H2,1-4H3. The van der Waals surface area contributed by atoms with Crippen LogP contribution in [0.15, 0.2) is 11.8 Å². The van der Waals surface area contributed by atoms with E-state index in [-0.39, 0.29) is 0 Å². The highest BCUT2D eigenvalue weighted by molar-refractivity contribution is 6.66. The second-order valence-corrected chi connectivity index (χ2v) is 7.63. The van der Waals surface area contributed by atoms with Crippen molar-refractivity contribution in [1.29, 1.82) is 0 Å². The van der Waals surface area contributed by atoms with Crippen molar-refractivity contribution in [1.82, 2.24) is 0 Å². The first-order valence-electron chi connectivity index (χ1n) is 7.26. The molecule has 2 unspecified atom stereocenters. The summed E-state index contributed by atoms with van der Waals surface area (Å²) >= 11 is 0. The van der Waals surface area contributed by atoms with Crippen LogP contribution in [0, 0.1) is 0 Å². The van der Waals surface area contributed by atoms with Gasteiger partial charge < -0.3 is 22.8 Å². The molecule has 0 aromatic heterocycles. The Labute approximate surface area is 123 Å². The highest BCUT2D eigenvalue weighted by Crippen LogP contribution is 2.15. The molecule has 0 bridgehead atoms. The Morgan fingerprint density at radius 3 is 2.40 bits per heavy atom. The maximum absolute atomic E-state index is 5.81. The fraction of sp³-hybridized carbons (Fsp3) is 0.857. The smallest absolute Gasteiger partial charge is 0.375 e. The predicted molar refractivity (Wildman–Crippen MR) is 79.5 cm³/mol. The predicted octanol–water partition coefficient (Wildman–Crippen LogP) is 2.32. The van der Waals surface area contributed by atoms with E-state index >= 15 is 0 Å². The molecule has 0 radical (unpaired) electrons. The van der Waals surface area contributed by atoms with Gasteiger partial charge in [0, 0.05) is 21.3 Å². The van der Waals surface area contributed by atoms with Gasteiger partial charge in [-0.05, 0) is 31.4 Å². The lowest BCUT2D eigenvalue weighted by Gasteiger charge is -2.20. The molecule has 0 aliphatic carbocycles. The van der Waals surface area contributed by atoms with Crippen molar-refractivity contribution in [2.75, 3.05) is 34.5 Å². The number of epoxide rings is 1. The Morgan fingerprint density at radius 1 is 1.25 bits per heavy atom. The van der Waals surface area contributed by atoms with Crippen LogP contribution in [0.1, 0.15) is 32.6 Å². The SMILES string of the molecule is CCC(CCCC=C[Si](OC)(OC)OC)OCC1CO1. The van der Waals surface area contributed by atoms with Crippen LogP contribution < -0.4 is 0 Å². The first-order valence-corrected chi connectivity index (χ1v) is 9.06. The zero-order valence-electron chi connectivity index (χ0n) is 13.1. The summed E-state index contributed by atoms with van der Waals surface area (Å²) in [5, 5.41) is 0. The summed E-state index contributed by atoms with van der Waals surface area (Å²) in [5.74, 6) is 0. The molecule has 0 aromatic carbocycles. The Bertz CT molecular complexity index is 268. The van der Waals surface area contributed by atoms with E-state index in [9.17, 15) is 0 Å². The molecule has 0 spiro atoms. The van der Waals surface area contributed by atoms with Gasteiger partial charge in [0.15, 0.2) is 0 Å². The van der Waals surface area contributed by atoms with Crippen molar-refractivity contribution in [3.8, 4) is 0 Å². The number of ether oxygens (including phenoxy) is 2. The van der Waals surface area contributed by atoms with Crippen LogP contribution in [0.5, 0.6) is 0 Å². The highest BCUT2D eigenvalue weighted by atomic mass is 28.4. The normalized spacial score (nSPS) is 20.5. The molecule has 2 atom stereocenters. The Balaban J connectivity index is 2.17. The minimum atomic E-state index is -2.55. The highest BCUT2D eigenvalue weighted by Gasteiger charge is 2.34. The number of allylic oxidation sites excluding steroid dienone is 1. The number of hydrogen-bond acceptors (Lipinski definition) is 5. The molecule has 1 fully saturated rings. The van der Waals surface area contributed by atoms with Gasteiger partial charge in [-0.25, -0.2) is 0 Å². The molecule has 118 valence electrons. The average molecular weight is 304 g/mol. The molecular weight excluding hydrogens is 276 g/mol. The molecule has 6 heteroatoms. The summed E-state index contributed by atoms with van der Waals surface area (Å²) in [4.78, 5) is 0. The molecule has 5 nitrogen and oxygen atoms in total. The van der Waals surface area contributed by atoms with E-state index in [0.717, 1.165) is 38.9 Å². The lowest BCUT2D eigenvalue weighted by molar-refractivity contribution is 0.0340. The molecule has 1 heterocycles. The van der Waals surface area contributed by atoms with Gasteiger partial charge in [0.1, 0.15) is 6.10 Å². The van der Waals surface area contributed by atoms with E-state index in [2.05, 4.69) is 13.0 Å². The third-order valence-electron chi connectivity index (χ3n) is 3.45. The van der Waals surface area contributed by atoms with Crippen LogP contribution in [0.3, 0.4) is 0 Å². The van der Waals surface area contributed by atoms with Crippen LogP contribution in [0.4, 0.5) is 0 Å². The van der Waals surface area contributed by atoms with E-state index in [1.165, 1.54) is 0 Å². The topological polar surface area (TPSA) is 49.5 Å². The van der Waals surface area contributed by atoms with Crippen LogP contribution >= 0.6 is 0 Å². The molecule has 0 aromatic rings. The average Bonchev–Trinajstić information content (AvgIpc) is 3.31. The summed E-state index contributed by atoms with van der Waals surface area (Å²) in [5.41, 5.74) is 1.94. The fourth-order valence-corrected chi connectivity index (χ4v) is 3.32. The maximum atomic E-state index is 5.81. The van der Waals surface area contributed by atoms with Crippen LogP contribution in [0.2, 0.25) is 0 Å². The molecule has 0 saturated carbocycles. The lowest BCUT2D eigenvalue weighted by atomic mass is 10.1. The van der Waals surface area contributed by atoms with Crippen molar-refractivity contribution >= 4 is 8.80 Å². The summed E-state index contributed by atoms with van der Waals surface area (Å²) in [6.07, 6.45) is 6.94. The van der Waals surface area contributed by atoms with Gasteiger partial charge in [-0.3, -0.25) is 0 Å². The Kier molecular flexibility index (Phi) is 8.59. The second kappa shape index (κ2) is 9.65. The van der Waals surface area contributed by atoms with Crippen molar-refractivity contribution in [3.05, 3.63) is 11.8 Å². The van der Waals surface area contributed by atoms with Gasteiger partial charge in [0.05, 0.1) is 19.3 Å². The quantitative estimate of drug-likeness (QED) is 0.315. The first kappa shape index (κ1) is 17.8. The molecule has 20 heavy (non-hydrogen) atoms. The maximum Gasteiger partial charge on any atom is 0.528 e. The van der Waals surface area contributed by atoms with Crippen LogP contribution in [-0.2, 0) is 22.8 Å². The molecule has 0 amide bonds. The first-order chi connectivity index (χ1) is 9.69. The van der Waals surface area contributed by atoms with Gasteiger partial charge >= 0.3 is 8.80 Å². The van der Waals surface area contributed by atoms with Crippen molar-refractivity contribution in [2.45, 2.75) is 44.8 Å². The van der Waals surface area contributed by atoms with Gasteiger partial charge in [-0.15, -0.1) is 0 Å². The lowest BCUT2D eigenvalue weighted by Crippen LogP contribution is -2.40. The van der Waals surface area contributed by atoms with E-state index < -0.39 is 8.80 Å². The number of hydrogen-bond donors (Lipinski definition) is 0. The minimum absolute atomic E-state index is 0.335. The van der Waals surface area contributed by atoms with Gasteiger partial charge in [0.2, 0.25) is 0 Å². The Hall–Kier alpha value is -0.243. The van der Waals surface area contributed by atoms with Gasteiger partial charge in [-0.2, -0.15) is 0 Å². The molecule has 1 saturated heterocycles. The number of rotatable bonds is 12. The molecule has 0 N–H and O–H groups in total. The monoisotopic (exact) mass is 304 g/mol. The van der Waals surface area contributed by atoms with E-state index in [1.54, 1.807) is 21.3 Å². The molecule has 1 aliphatic heterocycles. The summed E-state index contributed by atoms with van der Waals surface area (Å²) < 4.78 is 26.9. The van der Waals surface area contributed by atoms with Crippen molar-refractivity contribution in [2.24, 2.45) is 0 Å². The van der Waals surface area contributed by atoms with Crippen molar-refractivity contribution < 1.29 is 22.8 Å². The third kappa shape index (κ3) is 6.47. The van der Waals surface area contributed by atoms with Gasteiger partial charge in [-0.1, -0.05) is 13.0 Å². The largest absolute Gasteiger partial charge is 0.528 e. The fourth-order valence-electron chi connectivity index (χ4n) is 1.96. The third-order valence-corrected chi connectivity index (χ3v) is 5.80. The molecule has 1 rings (SSSR count). The van der Waals surface area contributed by atoms with E-state index in [4.69, 9.17) is 22.8 Å². The van der Waals surface area contributed by atoms with Crippen LogP contribution in [0.25, 0.3) is 0 Å². The van der Waals surface area contributed by atoms with Crippen LogP contribution in [-0.4, -0.2) is 55.6 Å². The summed E-state index contributed by atoms with van der Waals surface area (Å²) in [7, 11) is 2.29. The Morgan fingerprint density at radius 2 is 1.90 bits per heavy atom. The summed E-state index contributed by atoms with van der Waals surface area (Å²) in [6.45, 7) is 3.76. The van der Waals surface area contributed by atoms with E-state index in [1.807, 2.05) is 5.70 Å². The van der Waals surface area contributed by atoms with Crippen molar-refractivity contribution in [3.63, 3.8) is 0 Å². The van der Waals surface area contributed by atoms with Gasteiger partial charge in [0.25, 0.3) is 0 Å². The van der Waals surface area contributed by atoms with E-state index in [0.29, 0.717) is 12.2 Å². The second-order valence-electron chi connectivity index (χ2n) is 4.87. The molecule has 1 aliphatic rings. The zero-order valence-corrected chi connectivity index (χ0v) is 14.1.